The van der Waals surface area contributed by atoms with Crippen LogP contribution in [0, 0.1) is 24.7 Å². The standard InChI is InChI=1S/2C17H19.2ClH.Zr/c2*1-2-7-11-16-15(10-4-1)12-13-17(16)14-8-5-3-6-9-14;;;/h2*3,5-6,8-9,11-13,15H,1-2,4,7,10H2;2*1H;/q2*-1;;;+4/p-2. The van der Waals surface area contributed by atoms with E-state index in [9.17, 15) is 0 Å². The van der Waals surface area contributed by atoms with E-state index in [1.165, 1.54) is 86.5 Å². The molecule has 0 saturated heterocycles. The van der Waals surface area contributed by atoms with Crippen LogP contribution < -0.4 is 24.8 Å². The smallest absolute Gasteiger partial charge is 1.00 e. The molecule has 2 fully saturated rings. The summed E-state index contributed by atoms with van der Waals surface area (Å²) in [5, 5.41) is 0. The number of fused-ring (bicyclic) bond motifs is 2. The molecule has 4 aliphatic rings. The van der Waals surface area contributed by atoms with E-state index in [0.717, 1.165) is 0 Å². The van der Waals surface area contributed by atoms with Gasteiger partial charge in [0.05, 0.1) is 0 Å². The Morgan fingerprint density at radius 3 is 1.32 bits per heavy atom. The van der Waals surface area contributed by atoms with E-state index in [0.29, 0.717) is 11.8 Å². The molecule has 4 aliphatic carbocycles. The van der Waals surface area contributed by atoms with Gasteiger partial charge in [-0.25, -0.2) is 12.8 Å². The zero-order valence-electron chi connectivity index (χ0n) is 21.7. The first kappa shape index (κ1) is 31.8. The predicted octanol–water partition coefficient (Wildman–Crippen LogP) is 3.59. The largest absolute Gasteiger partial charge is 4.00 e. The maximum Gasteiger partial charge on any atom is 4.00 e. The molecular formula is C34H38Cl2Zr. The fraction of sp³-hybridized carbons (Fsp3) is 0.353. The van der Waals surface area contributed by atoms with Gasteiger partial charge in [-0.3, -0.25) is 0 Å². The molecule has 192 valence electrons. The first-order valence-electron chi connectivity index (χ1n) is 13.5. The summed E-state index contributed by atoms with van der Waals surface area (Å²) >= 11 is 0. The van der Waals surface area contributed by atoms with Gasteiger partial charge in [-0.1, -0.05) is 122 Å². The first-order valence-corrected chi connectivity index (χ1v) is 13.5. The second-order valence-electron chi connectivity index (χ2n) is 10.1. The molecule has 0 aliphatic heterocycles. The molecule has 3 heteroatoms. The van der Waals surface area contributed by atoms with Crippen molar-refractivity contribution in [2.45, 2.75) is 64.2 Å². The van der Waals surface area contributed by atoms with Crippen molar-refractivity contribution in [3.63, 3.8) is 0 Å². The maximum absolute atomic E-state index is 2.48. The van der Waals surface area contributed by atoms with Crippen molar-refractivity contribution in [3.8, 4) is 0 Å². The van der Waals surface area contributed by atoms with Crippen LogP contribution in [-0.2, 0) is 26.2 Å². The minimum atomic E-state index is 0. The summed E-state index contributed by atoms with van der Waals surface area (Å²) in [4.78, 5) is 0. The minimum absolute atomic E-state index is 0. The van der Waals surface area contributed by atoms with Gasteiger partial charge in [0, 0.05) is 0 Å². The van der Waals surface area contributed by atoms with Crippen molar-refractivity contribution in [1.29, 1.82) is 0 Å². The number of hydrogen-bond donors (Lipinski definition) is 0. The van der Waals surface area contributed by atoms with E-state index in [2.05, 4.69) is 97.8 Å². The van der Waals surface area contributed by atoms with E-state index in [-0.39, 0.29) is 51.0 Å². The van der Waals surface area contributed by atoms with Crippen LogP contribution in [0.4, 0.5) is 0 Å². The van der Waals surface area contributed by atoms with Crippen LogP contribution in [0.15, 0.2) is 96.1 Å². The Kier molecular flexibility index (Phi) is 14.2. The number of benzene rings is 2. The number of rotatable bonds is 2. The van der Waals surface area contributed by atoms with E-state index in [4.69, 9.17) is 0 Å². The number of allylic oxidation sites excluding steroid dienone is 8. The van der Waals surface area contributed by atoms with E-state index < -0.39 is 0 Å². The summed E-state index contributed by atoms with van der Waals surface area (Å²) in [7, 11) is 0. The van der Waals surface area contributed by atoms with E-state index in [1.54, 1.807) is 11.1 Å². The topological polar surface area (TPSA) is 0 Å². The summed E-state index contributed by atoms with van der Waals surface area (Å²) in [6, 6.07) is 21.6. The fourth-order valence-corrected chi connectivity index (χ4v) is 5.90. The fourth-order valence-electron chi connectivity index (χ4n) is 5.90. The summed E-state index contributed by atoms with van der Waals surface area (Å²) < 4.78 is 0. The van der Waals surface area contributed by atoms with Gasteiger partial charge in [0.15, 0.2) is 0 Å². The molecule has 2 atom stereocenters. The van der Waals surface area contributed by atoms with Gasteiger partial charge in [-0.15, -0.1) is 25.0 Å². The molecule has 0 amide bonds. The molecule has 6 rings (SSSR count). The van der Waals surface area contributed by atoms with Gasteiger partial charge in [0.25, 0.3) is 0 Å². The van der Waals surface area contributed by atoms with Crippen molar-refractivity contribution >= 4 is 11.1 Å². The summed E-state index contributed by atoms with van der Waals surface area (Å²) in [6.45, 7) is 0. The Morgan fingerprint density at radius 1 is 0.514 bits per heavy atom. The molecule has 2 unspecified atom stereocenters. The van der Waals surface area contributed by atoms with Crippen LogP contribution in [-0.4, -0.2) is 0 Å². The van der Waals surface area contributed by atoms with Crippen LogP contribution in [0.2, 0.25) is 0 Å². The van der Waals surface area contributed by atoms with Crippen LogP contribution in [0.3, 0.4) is 0 Å². The van der Waals surface area contributed by atoms with E-state index >= 15 is 0 Å². The van der Waals surface area contributed by atoms with Gasteiger partial charge in [-0.05, 0) is 24.7 Å². The zero-order valence-corrected chi connectivity index (χ0v) is 25.7. The zero-order chi connectivity index (χ0) is 23.0. The molecule has 2 aromatic carbocycles. The average Bonchev–Trinajstić information content (AvgIpc) is 3.43. The van der Waals surface area contributed by atoms with Gasteiger partial charge in [0.1, 0.15) is 0 Å². The number of halogens is 2. The predicted molar refractivity (Wildman–Crippen MR) is 147 cm³/mol. The molecule has 0 N–H and O–H groups in total. The van der Waals surface area contributed by atoms with Crippen molar-refractivity contribution in [2.75, 3.05) is 0 Å². The Labute approximate surface area is 256 Å². The Morgan fingerprint density at radius 2 is 0.919 bits per heavy atom. The van der Waals surface area contributed by atoms with Crippen LogP contribution in [0.1, 0.15) is 75.3 Å². The van der Waals surface area contributed by atoms with Crippen molar-refractivity contribution in [3.05, 3.63) is 120 Å². The van der Waals surface area contributed by atoms with Crippen molar-refractivity contribution in [2.24, 2.45) is 11.8 Å². The molecule has 0 aromatic heterocycles. The molecule has 37 heavy (non-hydrogen) atoms. The van der Waals surface area contributed by atoms with Crippen LogP contribution in [0.25, 0.3) is 11.1 Å². The molecule has 0 nitrogen and oxygen atoms in total. The summed E-state index contributed by atoms with van der Waals surface area (Å²) in [6.07, 6.45) is 27.9. The average molecular weight is 609 g/mol. The van der Waals surface area contributed by atoms with Gasteiger partial charge >= 0.3 is 26.2 Å². The van der Waals surface area contributed by atoms with Gasteiger partial charge in [-0.2, -0.15) is 22.3 Å². The first-order chi connectivity index (χ1) is 16.9. The molecule has 2 saturated carbocycles. The maximum atomic E-state index is 2.48. The van der Waals surface area contributed by atoms with Gasteiger partial charge in [0.2, 0.25) is 0 Å². The minimum Gasteiger partial charge on any atom is -1.00 e. The second-order valence-corrected chi connectivity index (χ2v) is 10.1. The third kappa shape index (κ3) is 8.29. The summed E-state index contributed by atoms with van der Waals surface area (Å²) in [5.74, 6) is 1.37. The monoisotopic (exact) mass is 606 g/mol. The Hall–Kier alpha value is -1.40. The van der Waals surface area contributed by atoms with Crippen LogP contribution in [0.5, 0.6) is 0 Å². The molecular weight excluding hydrogens is 571 g/mol. The number of hydrogen-bond acceptors (Lipinski definition) is 0. The Balaban J connectivity index is 0.000000241. The Bertz CT molecular complexity index is 978. The molecule has 0 heterocycles. The molecule has 0 radical (unpaired) electrons. The molecule has 2 aromatic rings. The molecule has 0 spiro atoms. The summed E-state index contributed by atoms with van der Waals surface area (Å²) in [5.41, 5.74) is 8.82. The van der Waals surface area contributed by atoms with Crippen molar-refractivity contribution in [1.82, 2.24) is 0 Å². The van der Waals surface area contributed by atoms with Crippen molar-refractivity contribution < 1.29 is 51.0 Å². The van der Waals surface area contributed by atoms with Crippen LogP contribution >= 0.6 is 0 Å². The SMILES string of the molecule is C1=CC2CCCCC[CH-]C2=C1c1ccccc1.C1=CC2CCCCC[CH-]C2=C1c1ccccc1.[Cl-].[Cl-].[Zr+4]. The second kappa shape index (κ2) is 16.5. The van der Waals surface area contributed by atoms with Gasteiger partial charge < -0.3 is 24.8 Å². The molecule has 0 bridgehead atoms. The third-order valence-corrected chi connectivity index (χ3v) is 7.75. The quantitative estimate of drug-likeness (QED) is 0.458. The normalized spacial score (nSPS) is 21.9. The third-order valence-electron chi connectivity index (χ3n) is 7.75. The van der Waals surface area contributed by atoms with E-state index in [1.807, 2.05) is 0 Å².